The fraction of sp³-hybridized carbons (Fsp3) is 0.462. The van der Waals surface area contributed by atoms with Crippen LogP contribution in [0.2, 0.25) is 0 Å². The number of carbonyl (C=O) groups excluding carboxylic acids is 1. The molecule has 0 aromatic heterocycles. The third-order valence-corrected chi connectivity index (χ3v) is 3.24. The SMILES string of the molecule is COC(=O)CSCC(O)COCc1ccccc1. The van der Waals surface area contributed by atoms with Crippen molar-refractivity contribution in [2.45, 2.75) is 12.7 Å². The molecular weight excluding hydrogens is 252 g/mol. The fourth-order valence-electron chi connectivity index (χ4n) is 1.27. The molecule has 0 aliphatic carbocycles. The van der Waals surface area contributed by atoms with E-state index in [0.717, 1.165) is 5.56 Å². The number of thioether (sulfide) groups is 1. The van der Waals surface area contributed by atoms with Crippen molar-refractivity contribution in [3.63, 3.8) is 0 Å². The molecule has 0 saturated heterocycles. The van der Waals surface area contributed by atoms with E-state index in [1.165, 1.54) is 18.9 Å². The Hall–Kier alpha value is -1.04. The normalized spacial score (nSPS) is 12.1. The van der Waals surface area contributed by atoms with Crippen molar-refractivity contribution in [3.05, 3.63) is 35.9 Å². The Labute approximate surface area is 111 Å². The Morgan fingerprint density at radius 2 is 2.11 bits per heavy atom. The van der Waals surface area contributed by atoms with Gasteiger partial charge in [0.1, 0.15) is 0 Å². The van der Waals surface area contributed by atoms with Crippen molar-refractivity contribution >= 4 is 17.7 Å². The molecule has 4 nitrogen and oxygen atoms in total. The van der Waals surface area contributed by atoms with Crippen LogP contribution in [0.3, 0.4) is 0 Å². The first-order chi connectivity index (χ1) is 8.72. The zero-order chi connectivity index (χ0) is 13.2. The number of aliphatic hydroxyl groups is 1. The Balaban J connectivity index is 2.06. The summed E-state index contributed by atoms with van der Waals surface area (Å²) in [6, 6.07) is 9.78. The summed E-state index contributed by atoms with van der Waals surface area (Å²) in [7, 11) is 1.35. The van der Waals surface area contributed by atoms with Gasteiger partial charge in [0, 0.05) is 5.75 Å². The van der Waals surface area contributed by atoms with Crippen molar-refractivity contribution in [1.29, 1.82) is 0 Å². The second-order valence-corrected chi connectivity index (χ2v) is 4.78. The van der Waals surface area contributed by atoms with Gasteiger partial charge in [0.15, 0.2) is 0 Å². The molecule has 5 heteroatoms. The molecule has 0 spiro atoms. The smallest absolute Gasteiger partial charge is 0.315 e. The highest BCUT2D eigenvalue weighted by atomic mass is 32.2. The number of rotatable bonds is 8. The molecule has 0 amide bonds. The molecule has 0 heterocycles. The topological polar surface area (TPSA) is 55.8 Å². The third-order valence-electron chi connectivity index (χ3n) is 2.18. The molecule has 1 N–H and O–H groups in total. The Bertz CT molecular complexity index is 342. The molecule has 1 atom stereocenters. The summed E-state index contributed by atoms with van der Waals surface area (Å²) < 4.78 is 9.88. The van der Waals surface area contributed by atoms with Crippen LogP contribution >= 0.6 is 11.8 Å². The number of ether oxygens (including phenoxy) is 2. The van der Waals surface area contributed by atoms with Gasteiger partial charge in [0.2, 0.25) is 0 Å². The van der Waals surface area contributed by atoms with Gasteiger partial charge in [-0.05, 0) is 5.56 Å². The van der Waals surface area contributed by atoms with Crippen molar-refractivity contribution in [3.8, 4) is 0 Å². The lowest BCUT2D eigenvalue weighted by atomic mass is 10.2. The highest BCUT2D eigenvalue weighted by Gasteiger charge is 2.07. The standard InChI is InChI=1S/C13H18O4S/c1-16-13(15)10-18-9-12(14)8-17-7-11-5-3-2-4-6-11/h2-6,12,14H,7-10H2,1H3. The van der Waals surface area contributed by atoms with Gasteiger partial charge in [-0.25, -0.2) is 0 Å². The first-order valence-electron chi connectivity index (χ1n) is 5.66. The van der Waals surface area contributed by atoms with Crippen LogP contribution in [0.15, 0.2) is 30.3 Å². The molecule has 1 aromatic carbocycles. The van der Waals surface area contributed by atoms with Crippen LogP contribution in [-0.2, 0) is 20.9 Å². The monoisotopic (exact) mass is 270 g/mol. The number of hydrogen-bond donors (Lipinski definition) is 1. The lowest BCUT2D eigenvalue weighted by Gasteiger charge is -2.10. The predicted octanol–water partition coefficient (Wildman–Crippen LogP) is 1.47. The summed E-state index contributed by atoms with van der Waals surface area (Å²) in [5.41, 5.74) is 1.08. The van der Waals surface area contributed by atoms with Gasteiger partial charge in [-0.3, -0.25) is 4.79 Å². The molecule has 1 aromatic rings. The summed E-state index contributed by atoms with van der Waals surface area (Å²) in [6.07, 6.45) is -0.566. The molecule has 0 aliphatic heterocycles. The first kappa shape index (κ1) is 15.0. The summed E-state index contributed by atoms with van der Waals surface area (Å²) in [5.74, 6) is 0.438. The van der Waals surface area contributed by atoms with E-state index in [1.807, 2.05) is 30.3 Å². The number of carbonyl (C=O) groups is 1. The summed E-state index contributed by atoms with van der Waals surface area (Å²) in [4.78, 5) is 10.8. The summed E-state index contributed by atoms with van der Waals surface area (Å²) in [5, 5.41) is 9.61. The van der Waals surface area contributed by atoms with E-state index in [4.69, 9.17) is 4.74 Å². The van der Waals surface area contributed by atoms with Crippen LogP contribution in [0.25, 0.3) is 0 Å². The molecule has 0 fully saturated rings. The minimum absolute atomic E-state index is 0.256. The highest BCUT2D eigenvalue weighted by molar-refractivity contribution is 7.99. The Kier molecular flexibility index (Phi) is 7.48. The van der Waals surface area contributed by atoms with Gasteiger partial charge in [-0.1, -0.05) is 30.3 Å². The van der Waals surface area contributed by atoms with Crippen molar-refractivity contribution in [2.24, 2.45) is 0 Å². The second-order valence-electron chi connectivity index (χ2n) is 3.75. The Morgan fingerprint density at radius 1 is 1.39 bits per heavy atom. The molecule has 100 valence electrons. The van der Waals surface area contributed by atoms with Gasteiger partial charge in [-0.2, -0.15) is 0 Å². The average molecular weight is 270 g/mol. The average Bonchev–Trinajstić information content (AvgIpc) is 2.39. The minimum atomic E-state index is -0.566. The fourth-order valence-corrected chi connectivity index (χ4v) is 2.04. The van der Waals surface area contributed by atoms with Crippen LogP contribution in [-0.4, -0.2) is 42.4 Å². The number of esters is 1. The van der Waals surface area contributed by atoms with E-state index in [1.54, 1.807) is 0 Å². The maximum absolute atomic E-state index is 10.8. The predicted molar refractivity (Wildman–Crippen MR) is 71.4 cm³/mol. The molecule has 0 bridgehead atoms. The van der Waals surface area contributed by atoms with Crippen LogP contribution < -0.4 is 0 Å². The van der Waals surface area contributed by atoms with Crippen molar-refractivity contribution < 1.29 is 19.4 Å². The maximum Gasteiger partial charge on any atom is 0.315 e. The van der Waals surface area contributed by atoms with Crippen LogP contribution in [0.1, 0.15) is 5.56 Å². The number of benzene rings is 1. The lowest BCUT2D eigenvalue weighted by Crippen LogP contribution is -2.19. The molecule has 1 unspecified atom stereocenters. The maximum atomic E-state index is 10.8. The third kappa shape index (κ3) is 6.64. The van der Waals surface area contributed by atoms with E-state index in [2.05, 4.69) is 4.74 Å². The van der Waals surface area contributed by atoms with Gasteiger partial charge in [0.25, 0.3) is 0 Å². The van der Waals surface area contributed by atoms with Gasteiger partial charge < -0.3 is 14.6 Å². The zero-order valence-corrected chi connectivity index (χ0v) is 11.2. The minimum Gasteiger partial charge on any atom is -0.468 e. The van der Waals surface area contributed by atoms with E-state index < -0.39 is 6.10 Å². The largest absolute Gasteiger partial charge is 0.468 e. The van der Waals surface area contributed by atoms with Crippen molar-refractivity contribution in [2.75, 3.05) is 25.2 Å². The first-order valence-corrected chi connectivity index (χ1v) is 6.82. The van der Waals surface area contributed by atoms with Gasteiger partial charge in [-0.15, -0.1) is 11.8 Å². The van der Waals surface area contributed by atoms with Crippen LogP contribution in [0.5, 0.6) is 0 Å². The van der Waals surface area contributed by atoms with Crippen LogP contribution in [0, 0.1) is 0 Å². The molecule has 1 rings (SSSR count). The molecule has 0 saturated carbocycles. The zero-order valence-electron chi connectivity index (χ0n) is 10.4. The number of aliphatic hydroxyl groups excluding tert-OH is 1. The van der Waals surface area contributed by atoms with Gasteiger partial charge >= 0.3 is 5.97 Å². The van der Waals surface area contributed by atoms with Gasteiger partial charge in [0.05, 0.1) is 32.2 Å². The second kappa shape index (κ2) is 8.97. The number of hydrogen-bond acceptors (Lipinski definition) is 5. The Morgan fingerprint density at radius 3 is 2.78 bits per heavy atom. The van der Waals surface area contributed by atoms with Crippen molar-refractivity contribution in [1.82, 2.24) is 0 Å². The van der Waals surface area contributed by atoms with E-state index in [-0.39, 0.29) is 18.3 Å². The molecule has 0 aliphatic rings. The van der Waals surface area contributed by atoms with E-state index in [9.17, 15) is 9.90 Å². The van der Waals surface area contributed by atoms with E-state index >= 15 is 0 Å². The highest BCUT2D eigenvalue weighted by Crippen LogP contribution is 2.05. The molecule has 18 heavy (non-hydrogen) atoms. The summed E-state index contributed by atoms with van der Waals surface area (Å²) >= 11 is 1.34. The molecule has 0 radical (unpaired) electrons. The quantitative estimate of drug-likeness (QED) is 0.725. The number of methoxy groups -OCH3 is 1. The summed E-state index contributed by atoms with van der Waals surface area (Å²) in [6.45, 7) is 0.753. The van der Waals surface area contributed by atoms with Crippen LogP contribution in [0.4, 0.5) is 0 Å². The lowest BCUT2D eigenvalue weighted by molar-refractivity contribution is -0.137. The van der Waals surface area contributed by atoms with E-state index in [0.29, 0.717) is 12.4 Å². The molecular formula is C13H18O4S.